The van der Waals surface area contributed by atoms with Crippen LogP contribution >= 0.6 is 0 Å². The SMILES string of the molecule is CC(=O)[C@@H]1CC[C@]2(C(=O)O)CC[C@]3(C)[C@@H](CC[C@H]4[C@@]5(C)CC[C@H](O)C(C)(C)[C@@H]5CC[C@]43C)[C@@H]12. The number of carbonyl (C=O) groups is 2. The van der Waals surface area contributed by atoms with E-state index in [9.17, 15) is 19.8 Å². The molecule has 0 amide bonds. The number of aliphatic hydroxyl groups excluding tert-OH is 1. The van der Waals surface area contributed by atoms with Crippen molar-refractivity contribution in [2.75, 3.05) is 0 Å². The molecule has 5 aliphatic rings. The first-order valence-corrected chi connectivity index (χ1v) is 13.7. The third-order valence-electron chi connectivity index (χ3n) is 13.4. The molecule has 0 radical (unpaired) electrons. The van der Waals surface area contributed by atoms with E-state index >= 15 is 0 Å². The number of ketones is 1. The Hall–Kier alpha value is -0.900. The van der Waals surface area contributed by atoms with Crippen molar-refractivity contribution in [1.29, 1.82) is 0 Å². The molecule has 0 aliphatic heterocycles. The minimum atomic E-state index is -0.693. The van der Waals surface area contributed by atoms with Gasteiger partial charge in [0.1, 0.15) is 5.78 Å². The zero-order chi connectivity index (χ0) is 24.2. The largest absolute Gasteiger partial charge is 0.481 e. The van der Waals surface area contributed by atoms with Crippen molar-refractivity contribution in [3.63, 3.8) is 0 Å². The van der Waals surface area contributed by atoms with Gasteiger partial charge < -0.3 is 10.2 Å². The molecule has 0 aromatic rings. The normalized spacial score (nSPS) is 55.0. The molecule has 2 N–H and O–H groups in total. The number of aliphatic carboxylic acids is 1. The molecule has 0 aromatic carbocycles. The lowest BCUT2D eigenvalue weighted by Crippen LogP contribution is -2.67. The Bertz CT molecular complexity index is 864. The van der Waals surface area contributed by atoms with Gasteiger partial charge in [0.25, 0.3) is 0 Å². The fraction of sp³-hybridized carbons (Fsp3) is 0.931. The van der Waals surface area contributed by atoms with Gasteiger partial charge in [-0.1, -0.05) is 34.6 Å². The first-order chi connectivity index (χ1) is 15.3. The topological polar surface area (TPSA) is 74.6 Å². The number of Topliss-reactive ketones (excluding diaryl/α,β-unsaturated/α-hetero) is 1. The van der Waals surface area contributed by atoms with Gasteiger partial charge in [0.2, 0.25) is 0 Å². The van der Waals surface area contributed by atoms with E-state index in [4.69, 9.17) is 0 Å². The second kappa shape index (κ2) is 7.08. The summed E-state index contributed by atoms with van der Waals surface area (Å²) in [6.07, 6.45) is 9.44. The van der Waals surface area contributed by atoms with E-state index in [1.807, 2.05) is 0 Å². The zero-order valence-corrected chi connectivity index (χ0v) is 21.7. The van der Waals surface area contributed by atoms with Gasteiger partial charge in [-0.25, -0.2) is 0 Å². The highest BCUT2D eigenvalue weighted by molar-refractivity contribution is 5.83. The highest BCUT2D eigenvalue weighted by atomic mass is 16.4. The maximum Gasteiger partial charge on any atom is 0.309 e. The lowest BCUT2D eigenvalue weighted by atomic mass is 9.32. The van der Waals surface area contributed by atoms with Crippen LogP contribution in [0.15, 0.2) is 0 Å². The predicted molar refractivity (Wildman–Crippen MR) is 128 cm³/mol. The monoisotopic (exact) mass is 458 g/mol. The number of rotatable bonds is 2. The summed E-state index contributed by atoms with van der Waals surface area (Å²) >= 11 is 0. The molecule has 0 unspecified atom stereocenters. The van der Waals surface area contributed by atoms with E-state index in [0.29, 0.717) is 24.2 Å². The van der Waals surface area contributed by atoms with Crippen LogP contribution in [0.5, 0.6) is 0 Å². The smallest absolute Gasteiger partial charge is 0.309 e. The third-order valence-corrected chi connectivity index (χ3v) is 13.4. The molecule has 0 bridgehead atoms. The number of carboxylic acids is 1. The molecule has 5 saturated carbocycles. The molecule has 186 valence electrons. The van der Waals surface area contributed by atoms with Crippen LogP contribution in [0.4, 0.5) is 0 Å². The number of aliphatic hydroxyl groups is 1. The summed E-state index contributed by atoms with van der Waals surface area (Å²) in [4.78, 5) is 25.4. The second-order valence-electron chi connectivity index (χ2n) is 14.3. The van der Waals surface area contributed by atoms with E-state index in [-0.39, 0.29) is 45.4 Å². The molecular formula is C29H46O4. The summed E-state index contributed by atoms with van der Waals surface area (Å²) in [6, 6.07) is 0. The fourth-order valence-electron chi connectivity index (χ4n) is 11.4. The molecule has 33 heavy (non-hydrogen) atoms. The first kappa shape index (κ1) is 23.8. The molecule has 4 heteroatoms. The maximum absolute atomic E-state index is 12.7. The molecule has 10 atom stereocenters. The predicted octanol–water partition coefficient (Wildman–Crippen LogP) is 6.10. The lowest BCUT2D eigenvalue weighted by molar-refractivity contribution is -0.248. The van der Waals surface area contributed by atoms with Crippen molar-refractivity contribution >= 4 is 11.8 Å². The Morgan fingerprint density at radius 3 is 2.09 bits per heavy atom. The van der Waals surface area contributed by atoms with Crippen LogP contribution in [-0.4, -0.2) is 28.1 Å². The highest BCUT2D eigenvalue weighted by Gasteiger charge is 2.72. The maximum atomic E-state index is 12.7. The number of carbonyl (C=O) groups excluding carboxylic acids is 1. The van der Waals surface area contributed by atoms with Crippen molar-refractivity contribution in [1.82, 2.24) is 0 Å². The summed E-state index contributed by atoms with van der Waals surface area (Å²) in [6.45, 7) is 13.8. The summed E-state index contributed by atoms with van der Waals surface area (Å²) in [5.41, 5.74) is -0.287. The number of hydrogen-bond acceptors (Lipinski definition) is 3. The zero-order valence-electron chi connectivity index (χ0n) is 21.7. The van der Waals surface area contributed by atoms with Gasteiger partial charge in [-0.2, -0.15) is 0 Å². The van der Waals surface area contributed by atoms with Crippen LogP contribution in [0.2, 0.25) is 0 Å². The number of hydrogen-bond donors (Lipinski definition) is 2. The minimum Gasteiger partial charge on any atom is -0.481 e. The van der Waals surface area contributed by atoms with Crippen molar-refractivity contribution in [3.05, 3.63) is 0 Å². The molecular weight excluding hydrogens is 412 g/mol. The molecule has 0 spiro atoms. The summed E-state index contributed by atoms with van der Waals surface area (Å²) in [5.74, 6) is 0.932. The Labute approximate surface area is 200 Å². The second-order valence-corrected chi connectivity index (χ2v) is 14.3. The Morgan fingerprint density at radius 2 is 1.45 bits per heavy atom. The third kappa shape index (κ3) is 2.74. The summed E-state index contributed by atoms with van der Waals surface area (Å²) in [7, 11) is 0. The van der Waals surface area contributed by atoms with E-state index in [2.05, 4.69) is 34.6 Å². The lowest BCUT2D eigenvalue weighted by Gasteiger charge is -2.72. The summed E-state index contributed by atoms with van der Waals surface area (Å²) in [5, 5.41) is 21.3. The van der Waals surface area contributed by atoms with Crippen LogP contribution < -0.4 is 0 Å². The van der Waals surface area contributed by atoms with Crippen molar-refractivity contribution < 1.29 is 19.8 Å². The Kier molecular flexibility index (Phi) is 5.11. The van der Waals surface area contributed by atoms with Crippen LogP contribution in [0, 0.1) is 56.7 Å². The van der Waals surface area contributed by atoms with Gasteiger partial charge in [0.05, 0.1) is 11.5 Å². The Balaban J connectivity index is 1.57. The van der Waals surface area contributed by atoms with Gasteiger partial charge in [-0.05, 0) is 116 Å². The van der Waals surface area contributed by atoms with Crippen molar-refractivity contribution in [2.24, 2.45) is 56.7 Å². The van der Waals surface area contributed by atoms with Gasteiger partial charge in [0.15, 0.2) is 0 Å². The minimum absolute atomic E-state index is 0.000765. The Morgan fingerprint density at radius 1 is 0.758 bits per heavy atom. The molecule has 5 aliphatic carbocycles. The molecule has 4 nitrogen and oxygen atoms in total. The molecule has 0 heterocycles. The molecule has 0 saturated heterocycles. The average molecular weight is 459 g/mol. The average Bonchev–Trinajstić information content (AvgIpc) is 3.13. The fourth-order valence-corrected chi connectivity index (χ4v) is 11.4. The molecule has 0 aromatic heterocycles. The van der Waals surface area contributed by atoms with Crippen molar-refractivity contribution in [2.45, 2.75) is 112 Å². The molecule has 5 fully saturated rings. The quantitative estimate of drug-likeness (QED) is 0.524. The van der Waals surface area contributed by atoms with Gasteiger partial charge in [0, 0.05) is 5.92 Å². The highest BCUT2D eigenvalue weighted by Crippen LogP contribution is 2.77. The van der Waals surface area contributed by atoms with Crippen LogP contribution in [-0.2, 0) is 9.59 Å². The molecule has 5 rings (SSSR count). The van der Waals surface area contributed by atoms with Crippen LogP contribution in [0.25, 0.3) is 0 Å². The van der Waals surface area contributed by atoms with E-state index in [1.54, 1.807) is 6.92 Å². The van der Waals surface area contributed by atoms with Crippen molar-refractivity contribution in [3.8, 4) is 0 Å². The van der Waals surface area contributed by atoms with Crippen LogP contribution in [0.3, 0.4) is 0 Å². The van der Waals surface area contributed by atoms with Gasteiger partial charge >= 0.3 is 5.97 Å². The summed E-state index contributed by atoms with van der Waals surface area (Å²) < 4.78 is 0. The van der Waals surface area contributed by atoms with E-state index < -0.39 is 11.4 Å². The van der Waals surface area contributed by atoms with Gasteiger partial charge in [-0.15, -0.1) is 0 Å². The standard InChI is InChI=1S/C29H46O4/c1-17(30)18-9-14-29(24(32)33)16-15-27(5)19(23(18)29)7-8-21-26(4)12-11-22(31)25(2,3)20(26)10-13-28(21,27)6/h18-23,31H,7-16H2,1-6H3,(H,32,33)/t18-,19-,20-,21-,22-,23+,26-,27+,28+,29-/m0/s1. The van der Waals surface area contributed by atoms with E-state index in [1.165, 1.54) is 6.42 Å². The van der Waals surface area contributed by atoms with Gasteiger partial charge in [-0.3, -0.25) is 9.59 Å². The van der Waals surface area contributed by atoms with E-state index in [0.717, 1.165) is 51.4 Å². The van der Waals surface area contributed by atoms with Crippen LogP contribution in [0.1, 0.15) is 106 Å². The number of carboxylic acid groups (broad SMARTS) is 1. The first-order valence-electron chi connectivity index (χ1n) is 13.7. The number of fused-ring (bicyclic) bond motifs is 7.